The second-order valence-corrected chi connectivity index (χ2v) is 10.0. The molecule has 1 aliphatic heterocycles. The maximum absolute atomic E-state index is 13.5. The highest BCUT2D eigenvalue weighted by Gasteiger charge is 2.45. The van der Waals surface area contributed by atoms with Gasteiger partial charge in [0.05, 0.1) is 15.7 Å². The first-order valence-electron chi connectivity index (χ1n) is 10.2. The number of ketones is 1. The number of amides is 1. The summed E-state index contributed by atoms with van der Waals surface area (Å²) in [6, 6.07) is 11.5. The molecule has 0 saturated carbocycles. The molecule has 5 heteroatoms. The highest BCUT2D eigenvalue weighted by atomic mass is 35.5. The van der Waals surface area contributed by atoms with E-state index in [4.69, 9.17) is 23.2 Å². The molecule has 0 spiro atoms. The number of hydrogen-bond donors (Lipinski definition) is 0. The molecular formula is C25H25Cl2NO2. The van der Waals surface area contributed by atoms with E-state index in [9.17, 15) is 9.59 Å². The molecule has 0 saturated heterocycles. The van der Waals surface area contributed by atoms with Crippen LogP contribution in [0.1, 0.15) is 55.7 Å². The van der Waals surface area contributed by atoms with Crippen LogP contribution in [-0.4, -0.2) is 11.7 Å². The third kappa shape index (κ3) is 3.59. The molecule has 1 aliphatic carbocycles. The molecular weight excluding hydrogens is 417 g/mol. The molecule has 2 aromatic rings. The predicted molar refractivity (Wildman–Crippen MR) is 122 cm³/mol. The van der Waals surface area contributed by atoms with E-state index in [0.717, 1.165) is 28.1 Å². The molecule has 2 aromatic carbocycles. The summed E-state index contributed by atoms with van der Waals surface area (Å²) < 4.78 is 0. The molecule has 30 heavy (non-hydrogen) atoms. The van der Waals surface area contributed by atoms with Gasteiger partial charge in [0.1, 0.15) is 0 Å². The van der Waals surface area contributed by atoms with E-state index in [1.807, 2.05) is 44.2 Å². The second-order valence-electron chi connectivity index (χ2n) is 9.22. The molecule has 1 unspecified atom stereocenters. The first-order valence-corrected chi connectivity index (χ1v) is 10.9. The average molecular weight is 442 g/mol. The number of rotatable bonds is 2. The van der Waals surface area contributed by atoms with E-state index in [-0.39, 0.29) is 29.4 Å². The Hall–Kier alpha value is -2.10. The van der Waals surface area contributed by atoms with E-state index >= 15 is 0 Å². The summed E-state index contributed by atoms with van der Waals surface area (Å²) >= 11 is 12.8. The van der Waals surface area contributed by atoms with E-state index in [1.54, 1.807) is 11.0 Å². The van der Waals surface area contributed by atoms with Crippen molar-refractivity contribution in [2.45, 2.75) is 52.9 Å². The van der Waals surface area contributed by atoms with E-state index in [1.165, 1.54) is 0 Å². The maximum Gasteiger partial charge on any atom is 0.232 e. The van der Waals surface area contributed by atoms with Crippen molar-refractivity contribution < 1.29 is 9.59 Å². The molecule has 2 aliphatic rings. The summed E-state index contributed by atoms with van der Waals surface area (Å²) in [7, 11) is 0. The van der Waals surface area contributed by atoms with Crippen LogP contribution in [0.3, 0.4) is 0 Å². The minimum atomic E-state index is -0.372. The van der Waals surface area contributed by atoms with Gasteiger partial charge in [-0.3, -0.25) is 14.5 Å². The van der Waals surface area contributed by atoms with Crippen LogP contribution in [-0.2, 0) is 9.59 Å². The van der Waals surface area contributed by atoms with Crippen molar-refractivity contribution in [1.29, 1.82) is 0 Å². The fraction of sp³-hybridized carbons (Fsp3) is 0.360. The molecule has 0 radical (unpaired) electrons. The van der Waals surface area contributed by atoms with Crippen LogP contribution in [0.25, 0.3) is 0 Å². The van der Waals surface area contributed by atoms with Gasteiger partial charge in [-0.2, -0.15) is 0 Å². The molecule has 3 nitrogen and oxygen atoms in total. The van der Waals surface area contributed by atoms with Crippen molar-refractivity contribution in [3.63, 3.8) is 0 Å². The number of benzene rings is 2. The van der Waals surface area contributed by atoms with Crippen LogP contribution < -0.4 is 4.90 Å². The van der Waals surface area contributed by atoms with Gasteiger partial charge >= 0.3 is 0 Å². The summed E-state index contributed by atoms with van der Waals surface area (Å²) in [5.41, 5.74) is 4.99. The quantitative estimate of drug-likeness (QED) is 0.515. The summed E-state index contributed by atoms with van der Waals surface area (Å²) in [4.78, 5) is 28.7. The Morgan fingerprint density at radius 1 is 1.03 bits per heavy atom. The number of anilines is 1. The molecule has 1 heterocycles. The minimum absolute atomic E-state index is 0.0195. The van der Waals surface area contributed by atoms with Crippen molar-refractivity contribution in [2.24, 2.45) is 5.41 Å². The Morgan fingerprint density at radius 2 is 1.77 bits per heavy atom. The lowest BCUT2D eigenvalue weighted by Gasteiger charge is -2.43. The zero-order valence-corrected chi connectivity index (χ0v) is 19.2. The molecule has 0 aromatic heterocycles. The Bertz CT molecular complexity index is 1100. The van der Waals surface area contributed by atoms with Crippen molar-refractivity contribution in [3.8, 4) is 0 Å². The van der Waals surface area contributed by atoms with Crippen molar-refractivity contribution in [1.82, 2.24) is 0 Å². The van der Waals surface area contributed by atoms with Gasteiger partial charge in [0.2, 0.25) is 5.91 Å². The molecule has 0 N–H and O–H groups in total. The zero-order valence-electron chi connectivity index (χ0n) is 17.7. The zero-order chi connectivity index (χ0) is 21.8. The monoisotopic (exact) mass is 441 g/mol. The number of hydrogen-bond acceptors (Lipinski definition) is 2. The van der Waals surface area contributed by atoms with Crippen LogP contribution in [0.5, 0.6) is 0 Å². The number of Topliss-reactive ketones (excluding diaryl/α,β-unsaturated/α-hetero) is 1. The van der Waals surface area contributed by atoms with Crippen LogP contribution in [0, 0.1) is 19.3 Å². The largest absolute Gasteiger partial charge is 0.294 e. The number of aryl methyl sites for hydroxylation is 2. The highest BCUT2D eigenvalue weighted by molar-refractivity contribution is 6.42. The van der Waals surface area contributed by atoms with Crippen LogP contribution >= 0.6 is 23.2 Å². The predicted octanol–water partition coefficient (Wildman–Crippen LogP) is 6.77. The SMILES string of the molecule is Cc1ccc(C)c(N2C(=O)CC(c3cccc(Cl)c3Cl)C3=C2CC(C)(C)CC3=O)c1. The smallest absolute Gasteiger partial charge is 0.232 e. The van der Waals surface area contributed by atoms with Crippen molar-refractivity contribution in [3.05, 3.63) is 74.4 Å². The van der Waals surface area contributed by atoms with Crippen molar-refractivity contribution >= 4 is 40.6 Å². The normalized spacial score (nSPS) is 21.1. The van der Waals surface area contributed by atoms with Crippen LogP contribution in [0.2, 0.25) is 10.0 Å². The number of allylic oxidation sites excluding steroid dienone is 2. The molecule has 1 amide bonds. The van der Waals surface area contributed by atoms with Gasteiger partial charge in [-0.05, 0) is 54.5 Å². The number of carbonyl (C=O) groups is 2. The third-order valence-corrected chi connectivity index (χ3v) is 6.94. The average Bonchev–Trinajstić information content (AvgIpc) is 2.64. The summed E-state index contributed by atoms with van der Waals surface area (Å²) in [5, 5.41) is 0.853. The molecule has 0 fully saturated rings. The van der Waals surface area contributed by atoms with Crippen molar-refractivity contribution in [2.75, 3.05) is 4.90 Å². The van der Waals surface area contributed by atoms with Crippen LogP contribution in [0.4, 0.5) is 5.69 Å². The topological polar surface area (TPSA) is 37.4 Å². The fourth-order valence-electron chi connectivity index (χ4n) is 4.71. The summed E-state index contributed by atoms with van der Waals surface area (Å²) in [6.45, 7) is 8.17. The van der Waals surface area contributed by atoms with Gasteiger partial charge in [0.15, 0.2) is 5.78 Å². The maximum atomic E-state index is 13.5. The van der Waals surface area contributed by atoms with Gasteiger partial charge < -0.3 is 0 Å². The number of halogens is 2. The van der Waals surface area contributed by atoms with Gasteiger partial charge in [0.25, 0.3) is 0 Å². The molecule has 156 valence electrons. The fourth-order valence-corrected chi connectivity index (χ4v) is 5.15. The molecule has 0 bridgehead atoms. The Balaban J connectivity index is 1.96. The number of carbonyl (C=O) groups excluding carboxylic acids is 2. The Kier molecular flexibility index (Phi) is 5.32. The van der Waals surface area contributed by atoms with Gasteiger partial charge in [0, 0.05) is 30.0 Å². The van der Waals surface area contributed by atoms with E-state index in [0.29, 0.717) is 28.5 Å². The lowest BCUT2D eigenvalue weighted by Crippen LogP contribution is -2.44. The van der Waals surface area contributed by atoms with E-state index in [2.05, 4.69) is 13.8 Å². The Labute approximate surface area is 187 Å². The molecule has 4 rings (SSSR count). The first-order chi connectivity index (χ1) is 14.1. The minimum Gasteiger partial charge on any atom is -0.294 e. The summed E-state index contributed by atoms with van der Waals surface area (Å²) in [6.07, 6.45) is 1.30. The Morgan fingerprint density at radius 3 is 2.50 bits per heavy atom. The lowest BCUT2D eigenvalue weighted by molar-refractivity contribution is -0.121. The third-order valence-electron chi connectivity index (χ3n) is 6.11. The second kappa shape index (κ2) is 7.55. The van der Waals surface area contributed by atoms with Gasteiger partial charge in [-0.15, -0.1) is 0 Å². The number of nitrogens with zero attached hydrogens (tertiary/aromatic N) is 1. The first kappa shape index (κ1) is 21.1. The summed E-state index contributed by atoms with van der Waals surface area (Å²) in [5.74, 6) is -0.303. The van der Waals surface area contributed by atoms with Crippen LogP contribution in [0.15, 0.2) is 47.7 Å². The standard InChI is InChI=1S/C25H25Cl2NO2/c1-14-8-9-15(2)19(10-14)28-20-12-25(3,4)13-21(29)23(20)17(11-22(28)30)16-6-5-7-18(26)24(16)27/h5-10,17H,11-13H2,1-4H3. The molecule has 1 atom stereocenters. The van der Waals surface area contributed by atoms with E-state index < -0.39 is 0 Å². The van der Waals surface area contributed by atoms with Gasteiger partial charge in [-0.1, -0.05) is 61.3 Å². The lowest BCUT2D eigenvalue weighted by atomic mass is 9.69. The highest BCUT2D eigenvalue weighted by Crippen LogP contribution is 2.50. The van der Waals surface area contributed by atoms with Gasteiger partial charge in [-0.25, -0.2) is 0 Å².